The summed E-state index contributed by atoms with van der Waals surface area (Å²) in [6.45, 7) is 5.57. The fourth-order valence-electron chi connectivity index (χ4n) is 3.86. The fourth-order valence-corrected chi connectivity index (χ4v) is 6.03. The Balaban J connectivity index is 1.55. The summed E-state index contributed by atoms with van der Waals surface area (Å²) in [7, 11) is 1.61. The van der Waals surface area contributed by atoms with Gasteiger partial charge in [-0.2, -0.15) is 0 Å². The van der Waals surface area contributed by atoms with Gasteiger partial charge in [-0.15, -0.1) is 0 Å². The summed E-state index contributed by atoms with van der Waals surface area (Å²) in [5, 5.41) is 6.31. The quantitative estimate of drug-likeness (QED) is 0.496. The Morgan fingerprint density at radius 2 is 1.94 bits per heavy atom. The van der Waals surface area contributed by atoms with Crippen molar-refractivity contribution < 1.29 is 4.79 Å². The van der Waals surface area contributed by atoms with Crippen molar-refractivity contribution in [2.24, 2.45) is 0 Å². The predicted octanol–water partition coefficient (Wildman–Crippen LogP) is 2.04. The van der Waals surface area contributed by atoms with Crippen LogP contribution >= 0.6 is 11.6 Å². The van der Waals surface area contributed by atoms with E-state index in [0.29, 0.717) is 22.1 Å². The molecule has 3 aromatic rings. The summed E-state index contributed by atoms with van der Waals surface area (Å²) in [6, 6.07) is 14.2. The number of hydrogen-bond acceptors (Lipinski definition) is 5. The number of fused-ring (bicyclic) bond motifs is 1. The Bertz CT molecular complexity index is 1120. The van der Waals surface area contributed by atoms with Crippen LogP contribution in [0.25, 0.3) is 0 Å². The first kappa shape index (κ1) is 22.8. The molecule has 0 fully saturated rings. The molecule has 1 unspecified atom stereocenters. The molecule has 8 heteroatoms. The molecule has 0 radical (unpaired) electrons. The zero-order chi connectivity index (χ0) is 22.5. The van der Waals surface area contributed by atoms with Crippen LogP contribution in [0.4, 0.5) is 11.5 Å². The van der Waals surface area contributed by atoms with Crippen molar-refractivity contribution in [3.63, 3.8) is 0 Å². The van der Waals surface area contributed by atoms with Gasteiger partial charge >= 0.3 is 201 Å². The van der Waals surface area contributed by atoms with Crippen LogP contribution in [0, 0.1) is 0 Å². The monoisotopic (exact) mass is 511 g/mol. The molecule has 2 N–H and O–H groups in total. The van der Waals surface area contributed by atoms with Crippen LogP contribution in [0.5, 0.6) is 0 Å². The zero-order valence-corrected chi connectivity index (χ0v) is 21.1. The molecular formula is C24H27AsClN5O. The molecule has 166 valence electrons. The molecule has 1 atom stereocenters. The number of carbonyl (C=O) groups is 1. The van der Waals surface area contributed by atoms with Crippen LogP contribution in [-0.2, 0) is 12.8 Å². The van der Waals surface area contributed by atoms with Gasteiger partial charge in [0.1, 0.15) is 0 Å². The van der Waals surface area contributed by atoms with E-state index in [4.69, 9.17) is 16.6 Å². The summed E-state index contributed by atoms with van der Waals surface area (Å²) in [5.74, 6) is 0.351. The van der Waals surface area contributed by atoms with E-state index in [-0.39, 0.29) is 5.91 Å². The number of hydrogen-bond donors (Lipinski definition) is 2. The van der Waals surface area contributed by atoms with Gasteiger partial charge in [-0.05, 0) is 0 Å². The third kappa shape index (κ3) is 5.32. The summed E-state index contributed by atoms with van der Waals surface area (Å²) >= 11 is 5.66. The number of nitrogens with zero attached hydrogens (tertiary/aromatic N) is 3. The molecule has 1 aromatic heterocycles. The van der Waals surface area contributed by atoms with E-state index in [1.165, 1.54) is 15.5 Å². The Morgan fingerprint density at radius 3 is 2.72 bits per heavy atom. The van der Waals surface area contributed by atoms with Crippen LogP contribution in [0.1, 0.15) is 28.4 Å². The standard InChI is InChI=1S/C24H27AsClN5O/c1-3-31-12-10-16-8-9-18(14-17(16)11-13-31)25-24-28-15-20(26)22(30-24)29-21-7-5-4-6-19(21)23(32)27-2/h4-9,14-15,25H,3,10-13H2,1-2H3,(H,27,32)(H,28,29,30). The van der Waals surface area contributed by atoms with Gasteiger partial charge in [0.05, 0.1) is 0 Å². The number of anilines is 2. The number of aromatic nitrogens is 2. The number of carbonyl (C=O) groups excluding carboxylic acids is 1. The summed E-state index contributed by atoms with van der Waals surface area (Å²) < 4.78 is 2.12. The van der Waals surface area contributed by atoms with Crippen molar-refractivity contribution >= 4 is 53.7 Å². The first-order valence-electron chi connectivity index (χ1n) is 10.8. The van der Waals surface area contributed by atoms with Gasteiger partial charge in [0.2, 0.25) is 0 Å². The van der Waals surface area contributed by atoms with Gasteiger partial charge in [0.25, 0.3) is 0 Å². The van der Waals surface area contributed by atoms with Gasteiger partial charge in [-0.3, -0.25) is 0 Å². The van der Waals surface area contributed by atoms with E-state index in [1.807, 2.05) is 18.2 Å². The first-order chi connectivity index (χ1) is 15.6. The van der Waals surface area contributed by atoms with E-state index in [1.54, 1.807) is 19.3 Å². The molecule has 0 aliphatic carbocycles. The molecule has 1 aliphatic rings. The molecular weight excluding hydrogens is 485 g/mol. The van der Waals surface area contributed by atoms with Crippen LogP contribution in [0.15, 0.2) is 48.7 Å². The van der Waals surface area contributed by atoms with E-state index >= 15 is 0 Å². The van der Waals surface area contributed by atoms with E-state index < -0.39 is 15.8 Å². The Labute approximate surface area is 200 Å². The maximum atomic E-state index is 12.2. The Kier molecular flexibility index (Phi) is 7.46. The predicted molar refractivity (Wildman–Crippen MR) is 133 cm³/mol. The number of halogens is 1. The second-order valence-corrected chi connectivity index (χ2v) is 10.8. The number of likely N-dealkylation sites (N-methyl/N-ethyl adjacent to an activating group) is 1. The average Bonchev–Trinajstić information content (AvgIpc) is 3.03. The molecule has 0 spiro atoms. The van der Waals surface area contributed by atoms with Crippen molar-refractivity contribution in [1.82, 2.24) is 20.2 Å². The van der Waals surface area contributed by atoms with Crippen LogP contribution in [0.3, 0.4) is 0 Å². The molecule has 0 bridgehead atoms. The number of para-hydroxylation sites is 1. The minimum absolute atomic E-state index is 0.168. The Morgan fingerprint density at radius 1 is 1.16 bits per heavy atom. The molecule has 1 amide bonds. The van der Waals surface area contributed by atoms with Crippen molar-refractivity contribution in [2.75, 3.05) is 32.0 Å². The van der Waals surface area contributed by atoms with E-state index in [9.17, 15) is 4.79 Å². The second-order valence-electron chi connectivity index (χ2n) is 7.68. The van der Waals surface area contributed by atoms with Crippen LogP contribution in [-0.4, -0.2) is 63.2 Å². The molecule has 4 rings (SSSR count). The molecule has 2 aromatic carbocycles. The summed E-state index contributed by atoms with van der Waals surface area (Å²) in [6.07, 6.45) is 3.84. The average molecular weight is 512 g/mol. The molecule has 0 saturated heterocycles. The van der Waals surface area contributed by atoms with Crippen molar-refractivity contribution in [2.45, 2.75) is 19.8 Å². The van der Waals surface area contributed by atoms with Gasteiger partial charge in [0.15, 0.2) is 0 Å². The normalized spacial score (nSPS) is 14.2. The summed E-state index contributed by atoms with van der Waals surface area (Å²) in [4.78, 5) is 23.9. The maximum absolute atomic E-state index is 12.2. The Hall–Kier alpha value is -2.40. The second kappa shape index (κ2) is 10.5. The zero-order valence-electron chi connectivity index (χ0n) is 18.3. The molecule has 32 heavy (non-hydrogen) atoms. The topological polar surface area (TPSA) is 70.2 Å². The number of benzene rings is 2. The molecule has 0 saturated carbocycles. The summed E-state index contributed by atoms with van der Waals surface area (Å²) in [5.41, 5.74) is 4.11. The minimum atomic E-state index is -0.716. The third-order valence-corrected chi connectivity index (χ3v) is 8.21. The van der Waals surface area contributed by atoms with Crippen molar-refractivity contribution in [3.8, 4) is 0 Å². The number of nitrogens with one attached hydrogen (secondary N) is 2. The van der Waals surface area contributed by atoms with E-state index in [0.717, 1.165) is 37.1 Å². The third-order valence-electron chi connectivity index (χ3n) is 5.70. The van der Waals surface area contributed by atoms with E-state index in [2.05, 4.69) is 45.6 Å². The van der Waals surface area contributed by atoms with Gasteiger partial charge in [-0.25, -0.2) is 0 Å². The number of amides is 1. The van der Waals surface area contributed by atoms with Gasteiger partial charge < -0.3 is 0 Å². The molecule has 6 nitrogen and oxygen atoms in total. The molecule has 1 aliphatic heterocycles. The SMILES string of the molecule is CCN1CCc2ccc([AsH]c3ncc(Cl)c(Nc4ccccc4C(=O)NC)n3)cc2CC1. The van der Waals surface area contributed by atoms with Crippen LogP contribution < -0.4 is 19.6 Å². The first-order valence-corrected chi connectivity index (χ1v) is 13.3. The van der Waals surface area contributed by atoms with Crippen LogP contribution in [0.2, 0.25) is 5.02 Å². The molecule has 2 heterocycles. The van der Waals surface area contributed by atoms with Crippen molar-refractivity contribution in [3.05, 3.63) is 70.4 Å². The van der Waals surface area contributed by atoms with Gasteiger partial charge in [-0.1, -0.05) is 0 Å². The fraction of sp³-hybridized carbons (Fsp3) is 0.292. The number of rotatable bonds is 6. The van der Waals surface area contributed by atoms with Crippen molar-refractivity contribution in [1.29, 1.82) is 0 Å². The van der Waals surface area contributed by atoms with Gasteiger partial charge in [0, 0.05) is 0 Å².